The lowest BCUT2D eigenvalue weighted by Crippen LogP contribution is -2.52. The molecule has 0 aliphatic carbocycles. The van der Waals surface area contributed by atoms with Crippen LogP contribution in [0.1, 0.15) is 45.2 Å². The maximum absolute atomic E-state index is 14.2. The smallest absolute Gasteiger partial charge is 0.264 e. The second-order valence-corrected chi connectivity index (χ2v) is 12.1. The summed E-state index contributed by atoms with van der Waals surface area (Å²) in [5.41, 5.74) is 2.03. The molecule has 3 aromatic carbocycles. The summed E-state index contributed by atoms with van der Waals surface area (Å²) in [6.45, 7) is 7.93. The maximum atomic E-state index is 14.2. The lowest BCUT2D eigenvalue weighted by atomic mass is 10.1. The summed E-state index contributed by atoms with van der Waals surface area (Å²) in [6, 6.07) is 21.7. The van der Waals surface area contributed by atoms with Crippen LogP contribution in [0, 0.1) is 5.92 Å². The highest BCUT2D eigenvalue weighted by molar-refractivity contribution is 7.92. The first-order valence-corrected chi connectivity index (χ1v) is 15.4. The number of hydrogen-bond acceptors (Lipinski definition) is 5. The first kappa shape index (κ1) is 31.7. The van der Waals surface area contributed by atoms with Gasteiger partial charge in [0.2, 0.25) is 11.8 Å². The highest BCUT2D eigenvalue weighted by atomic mass is 32.2. The molecule has 0 spiro atoms. The van der Waals surface area contributed by atoms with Gasteiger partial charge in [0.25, 0.3) is 10.0 Å². The summed E-state index contributed by atoms with van der Waals surface area (Å²) >= 11 is 0. The van der Waals surface area contributed by atoms with Crippen LogP contribution in [0.2, 0.25) is 0 Å². The second-order valence-electron chi connectivity index (χ2n) is 10.2. The second kappa shape index (κ2) is 14.7. The van der Waals surface area contributed by atoms with Crippen molar-refractivity contribution in [3.05, 3.63) is 90.0 Å². The number of aryl methyl sites for hydroxylation is 1. The lowest BCUT2D eigenvalue weighted by molar-refractivity contribution is -0.140. The molecule has 0 heterocycles. The van der Waals surface area contributed by atoms with Crippen LogP contribution in [0.4, 0.5) is 5.69 Å². The van der Waals surface area contributed by atoms with Crippen molar-refractivity contribution in [2.45, 2.75) is 58.0 Å². The highest BCUT2D eigenvalue weighted by Crippen LogP contribution is 2.28. The van der Waals surface area contributed by atoms with E-state index in [4.69, 9.17) is 4.74 Å². The van der Waals surface area contributed by atoms with Gasteiger partial charge in [0.1, 0.15) is 18.3 Å². The third-order valence-electron chi connectivity index (χ3n) is 6.83. The van der Waals surface area contributed by atoms with Crippen LogP contribution in [0.5, 0.6) is 5.75 Å². The number of nitrogens with one attached hydrogen (secondary N) is 1. The number of sulfonamides is 1. The van der Waals surface area contributed by atoms with E-state index < -0.39 is 28.5 Å². The fourth-order valence-electron chi connectivity index (χ4n) is 4.56. The summed E-state index contributed by atoms with van der Waals surface area (Å²) in [5, 5.41) is 2.95. The zero-order chi connectivity index (χ0) is 30.0. The topological polar surface area (TPSA) is 96.0 Å². The molecule has 8 nitrogen and oxygen atoms in total. The molecule has 1 atom stereocenters. The Bertz CT molecular complexity index is 1390. The van der Waals surface area contributed by atoms with Crippen molar-refractivity contribution >= 4 is 27.5 Å². The standard InChI is InChI=1S/C32H41N3O5S/c1-6-26-13-11-12-16-30(26)35(41(38,39)28-14-9-8-10-15-28)23-31(36)34(22-25-17-19-27(40-5)20-18-25)29(7-2)32(37)33-21-24(3)4/h8-20,24,29H,6-7,21-23H2,1-5H3,(H,33,37)/t29-/m1/s1. The van der Waals surface area contributed by atoms with Crippen molar-refractivity contribution in [1.82, 2.24) is 10.2 Å². The van der Waals surface area contributed by atoms with Gasteiger partial charge < -0.3 is 15.0 Å². The molecule has 41 heavy (non-hydrogen) atoms. The van der Waals surface area contributed by atoms with Gasteiger partial charge in [0, 0.05) is 13.1 Å². The average Bonchev–Trinajstić information content (AvgIpc) is 2.99. The number of ether oxygens (including phenoxy) is 1. The van der Waals surface area contributed by atoms with E-state index in [0.717, 1.165) is 11.1 Å². The van der Waals surface area contributed by atoms with Crippen molar-refractivity contribution in [1.29, 1.82) is 0 Å². The Morgan fingerprint density at radius 2 is 1.54 bits per heavy atom. The van der Waals surface area contributed by atoms with Crippen LogP contribution in [0.15, 0.2) is 83.8 Å². The number of amides is 2. The van der Waals surface area contributed by atoms with E-state index in [9.17, 15) is 18.0 Å². The normalized spacial score (nSPS) is 12.0. The van der Waals surface area contributed by atoms with Gasteiger partial charge in [-0.1, -0.05) is 76.2 Å². The molecule has 0 bridgehead atoms. The predicted molar refractivity (Wildman–Crippen MR) is 162 cm³/mol. The van der Waals surface area contributed by atoms with Gasteiger partial charge in [0.05, 0.1) is 17.7 Å². The van der Waals surface area contributed by atoms with Crippen LogP contribution in [-0.4, -0.2) is 51.4 Å². The van der Waals surface area contributed by atoms with E-state index in [-0.39, 0.29) is 23.3 Å². The van der Waals surface area contributed by atoms with Gasteiger partial charge >= 0.3 is 0 Å². The molecule has 0 aliphatic heterocycles. The van der Waals surface area contributed by atoms with Crippen molar-refractivity contribution in [2.24, 2.45) is 5.92 Å². The molecule has 2 amide bonds. The number of carbonyl (C=O) groups excluding carboxylic acids is 2. The molecule has 0 aliphatic rings. The Kier molecular flexibility index (Phi) is 11.3. The SMILES string of the molecule is CCc1ccccc1N(CC(=O)N(Cc1ccc(OC)cc1)[C@H](CC)C(=O)NCC(C)C)S(=O)(=O)c1ccccc1. The molecular weight excluding hydrogens is 538 g/mol. The summed E-state index contributed by atoms with van der Waals surface area (Å²) in [5.74, 6) is 0.163. The van der Waals surface area contributed by atoms with Gasteiger partial charge in [-0.3, -0.25) is 13.9 Å². The third kappa shape index (κ3) is 8.10. The molecule has 3 rings (SSSR count). The van der Waals surface area contributed by atoms with Crippen LogP contribution in [-0.2, 0) is 32.6 Å². The van der Waals surface area contributed by atoms with Gasteiger partial charge in [-0.05, 0) is 60.2 Å². The van der Waals surface area contributed by atoms with Crippen LogP contribution in [0.3, 0.4) is 0 Å². The average molecular weight is 580 g/mol. The number of anilines is 1. The van der Waals surface area contributed by atoms with Crippen molar-refractivity contribution in [3.8, 4) is 5.75 Å². The highest BCUT2D eigenvalue weighted by Gasteiger charge is 2.34. The molecule has 0 saturated heterocycles. The molecule has 0 saturated carbocycles. The van der Waals surface area contributed by atoms with E-state index in [2.05, 4.69) is 5.32 Å². The molecule has 0 radical (unpaired) electrons. The van der Waals surface area contributed by atoms with E-state index in [0.29, 0.717) is 30.8 Å². The maximum Gasteiger partial charge on any atom is 0.264 e. The number of hydrogen-bond donors (Lipinski definition) is 1. The Morgan fingerprint density at radius 3 is 2.12 bits per heavy atom. The van der Waals surface area contributed by atoms with Crippen molar-refractivity contribution in [3.63, 3.8) is 0 Å². The number of methoxy groups -OCH3 is 1. The minimum Gasteiger partial charge on any atom is -0.497 e. The third-order valence-corrected chi connectivity index (χ3v) is 8.61. The zero-order valence-electron chi connectivity index (χ0n) is 24.5. The minimum atomic E-state index is -4.10. The fraction of sp³-hybridized carbons (Fsp3) is 0.375. The van der Waals surface area contributed by atoms with Crippen LogP contribution in [0.25, 0.3) is 0 Å². The number of rotatable bonds is 14. The molecule has 0 aromatic heterocycles. The van der Waals surface area contributed by atoms with Crippen LogP contribution < -0.4 is 14.4 Å². The molecular formula is C32H41N3O5S. The minimum absolute atomic E-state index is 0.0853. The molecule has 1 N–H and O–H groups in total. The predicted octanol–water partition coefficient (Wildman–Crippen LogP) is 5.03. The Hall–Kier alpha value is -3.85. The Labute approximate surface area is 244 Å². The number of para-hydroxylation sites is 1. The first-order valence-electron chi connectivity index (χ1n) is 14.0. The Morgan fingerprint density at radius 1 is 0.902 bits per heavy atom. The van der Waals surface area contributed by atoms with E-state index in [1.807, 2.05) is 52.0 Å². The summed E-state index contributed by atoms with van der Waals surface area (Å²) < 4.78 is 34.4. The largest absolute Gasteiger partial charge is 0.497 e. The van der Waals surface area contributed by atoms with Crippen molar-refractivity contribution < 1.29 is 22.7 Å². The van der Waals surface area contributed by atoms with Crippen molar-refractivity contribution in [2.75, 3.05) is 24.5 Å². The van der Waals surface area contributed by atoms with Gasteiger partial charge in [-0.15, -0.1) is 0 Å². The first-order chi connectivity index (χ1) is 19.6. The summed E-state index contributed by atoms with van der Waals surface area (Å²) in [4.78, 5) is 29.1. The molecule has 0 unspecified atom stereocenters. The molecule has 0 fully saturated rings. The van der Waals surface area contributed by atoms with E-state index >= 15 is 0 Å². The molecule has 3 aromatic rings. The molecule has 9 heteroatoms. The van der Waals surface area contributed by atoms with E-state index in [1.165, 1.54) is 21.3 Å². The van der Waals surface area contributed by atoms with Gasteiger partial charge in [-0.2, -0.15) is 0 Å². The number of benzene rings is 3. The number of carbonyl (C=O) groups is 2. The fourth-order valence-corrected chi connectivity index (χ4v) is 6.03. The van der Waals surface area contributed by atoms with Gasteiger partial charge in [-0.25, -0.2) is 8.42 Å². The number of nitrogens with zero attached hydrogens (tertiary/aromatic N) is 2. The summed E-state index contributed by atoms with van der Waals surface area (Å²) in [7, 11) is -2.53. The van der Waals surface area contributed by atoms with E-state index in [1.54, 1.807) is 49.6 Å². The Balaban J connectivity index is 2.06. The molecule has 220 valence electrons. The zero-order valence-corrected chi connectivity index (χ0v) is 25.4. The quantitative estimate of drug-likeness (QED) is 0.289. The lowest BCUT2D eigenvalue weighted by Gasteiger charge is -2.34. The van der Waals surface area contributed by atoms with Crippen LogP contribution >= 0.6 is 0 Å². The van der Waals surface area contributed by atoms with Gasteiger partial charge in [0.15, 0.2) is 0 Å². The summed E-state index contributed by atoms with van der Waals surface area (Å²) in [6.07, 6.45) is 0.943. The monoisotopic (exact) mass is 579 g/mol.